The topological polar surface area (TPSA) is 83.1 Å². The fourth-order valence-corrected chi connectivity index (χ4v) is 3.84. The smallest absolute Gasteiger partial charge is 0.323 e. The molecule has 8 heteroatoms. The number of carbonyl (C=O) groups excluding carboxylic acids is 2. The number of anilines is 3. The minimum absolute atomic E-state index is 0.266. The van der Waals surface area contributed by atoms with Crippen LogP contribution in [-0.2, 0) is 4.79 Å². The van der Waals surface area contributed by atoms with E-state index in [1.807, 2.05) is 29.2 Å². The largest absolute Gasteiger partial charge is 0.497 e. The first-order chi connectivity index (χ1) is 16.0. The van der Waals surface area contributed by atoms with E-state index in [9.17, 15) is 9.59 Å². The third-order valence-corrected chi connectivity index (χ3v) is 5.77. The molecule has 1 heterocycles. The lowest BCUT2D eigenvalue weighted by Gasteiger charge is -2.36. The molecule has 2 N–H and O–H groups in total. The predicted octanol–water partition coefficient (Wildman–Crippen LogP) is 4.58. The minimum atomic E-state index is -0.360. The summed E-state index contributed by atoms with van der Waals surface area (Å²) >= 11 is 0. The molecule has 8 nitrogen and oxygen atoms in total. The molecule has 0 atom stereocenters. The Balaban J connectivity index is 1.50. The maximum absolute atomic E-state index is 12.4. The Labute approximate surface area is 195 Å². The summed E-state index contributed by atoms with van der Waals surface area (Å²) in [5.41, 5.74) is 2.32. The number of hydrogen-bond acceptors (Lipinski definition) is 5. The first kappa shape index (κ1) is 24.2. The number of amides is 3. The maximum Gasteiger partial charge on any atom is 0.323 e. The van der Waals surface area contributed by atoms with Crippen molar-refractivity contribution < 1.29 is 19.1 Å². The van der Waals surface area contributed by atoms with E-state index >= 15 is 0 Å². The van der Waals surface area contributed by atoms with Gasteiger partial charge in [-0.3, -0.25) is 4.79 Å². The quantitative estimate of drug-likeness (QED) is 0.542. The summed E-state index contributed by atoms with van der Waals surface area (Å²) in [6.07, 6.45) is 3.86. The fourth-order valence-electron chi connectivity index (χ4n) is 3.84. The molecule has 0 spiro atoms. The van der Waals surface area contributed by atoms with Crippen LogP contribution in [0.2, 0.25) is 0 Å². The number of urea groups is 1. The van der Waals surface area contributed by atoms with Crippen LogP contribution in [0.25, 0.3) is 0 Å². The Morgan fingerprint density at radius 3 is 2.27 bits per heavy atom. The summed E-state index contributed by atoms with van der Waals surface area (Å²) in [7, 11) is 3.12. The molecule has 1 saturated heterocycles. The lowest BCUT2D eigenvalue weighted by Crippen LogP contribution is -2.48. The third kappa shape index (κ3) is 6.78. The minimum Gasteiger partial charge on any atom is -0.497 e. The molecule has 1 fully saturated rings. The summed E-state index contributed by atoms with van der Waals surface area (Å²) in [6.45, 7) is 5.26. The van der Waals surface area contributed by atoms with Gasteiger partial charge in [-0.2, -0.15) is 0 Å². The third-order valence-electron chi connectivity index (χ3n) is 5.77. The van der Waals surface area contributed by atoms with Crippen molar-refractivity contribution in [3.8, 4) is 11.5 Å². The van der Waals surface area contributed by atoms with E-state index in [0.29, 0.717) is 29.3 Å². The number of unbranched alkanes of at least 4 members (excludes halogenated alkanes) is 2. The number of hydrogen-bond donors (Lipinski definition) is 2. The summed E-state index contributed by atoms with van der Waals surface area (Å²) < 4.78 is 10.5. The Morgan fingerprint density at radius 2 is 1.64 bits per heavy atom. The maximum atomic E-state index is 12.4. The highest BCUT2D eigenvalue weighted by atomic mass is 16.5. The van der Waals surface area contributed by atoms with Gasteiger partial charge in [-0.25, -0.2) is 4.79 Å². The van der Waals surface area contributed by atoms with Crippen molar-refractivity contribution >= 4 is 29.0 Å². The van der Waals surface area contributed by atoms with E-state index in [-0.39, 0.29) is 11.9 Å². The highest BCUT2D eigenvalue weighted by Crippen LogP contribution is 2.29. The van der Waals surface area contributed by atoms with Crippen molar-refractivity contribution in [2.45, 2.75) is 32.6 Å². The lowest BCUT2D eigenvalue weighted by molar-refractivity contribution is -0.131. The molecule has 33 heavy (non-hydrogen) atoms. The van der Waals surface area contributed by atoms with Crippen LogP contribution in [0.5, 0.6) is 11.5 Å². The van der Waals surface area contributed by atoms with Crippen molar-refractivity contribution in [2.75, 3.05) is 55.9 Å². The molecule has 1 aliphatic heterocycles. The molecule has 0 bridgehead atoms. The second-order valence-corrected chi connectivity index (χ2v) is 8.02. The molecule has 0 saturated carbocycles. The summed E-state index contributed by atoms with van der Waals surface area (Å²) in [5.74, 6) is 1.43. The molecular formula is C25H34N4O4. The highest BCUT2D eigenvalue weighted by molar-refractivity contribution is 6.00. The predicted molar refractivity (Wildman–Crippen MR) is 132 cm³/mol. The molecule has 3 rings (SSSR count). The van der Waals surface area contributed by atoms with Gasteiger partial charge in [0.15, 0.2) is 0 Å². The zero-order chi connectivity index (χ0) is 23.6. The average molecular weight is 455 g/mol. The van der Waals surface area contributed by atoms with Crippen molar-refractivity contribution in [1.82, 2.24) is 4.90 Å². The second-order valence-electron chi connectivity index (χ2n) is 8.02. The van der Waals surface area contributed by atoms with Crippen LogP contribution in [0.4, 0.5) is 21.9 Å². The van der Waals surface area contributed by atoms with Gasteiger partial charge >= 0.3 is 6.03 Å². The Morgan fingerprint density at radius 1 is 0.909 bits per heavy atom. The number of rotatable bonds is 9. The Kier molecular flexibility index (Phi) is 8.80. The van der Waals surface area contributed by atoms with Crippen LogP contribution < -0.4 is 25.0 Å². The van der Waals surface area contributed by atoms with E-state index in [1.54, 1.807) is 32.4 Å². The molecule has 3 amide bonds. The number of ether oxygens (including phenoxy) is 2. The van der Waals surface area contributed by atoms with E-state index in [0.717, 1.165) is 51.1 Å². The zero-order valence-electron chi connectivity index (χ0n) is 19.7. The SMILES string of the molecule is CCCCCC(=O)N1CCN(c2ccc(NC(=O)Nc3ccc(OC)cc3OC)cc2)CC1. The number of carbonyl (C=O) groups is 2. The van der Waals surface area contributed by atoms with Crippen LogP contribution in [0.15, 0.2) is 42.5 Å². The summed E-state index contributed by atoms with van der Waals surface area (Å²) in [6, 6.07) is 12.6. The van der Waals surface area contributed by atoms with Crippen LogP contribution in [0, 0.1) is 0 Å². The van der Waals surface area contributed by atoms with E-state index in [4.69, 9.17) is 9.47 Å². The number of methoxy groups -OCH3 is 2. The molecule has 2 aromatic carbocycles. The lowest BCUT2D eigenvalue weighted by atomic mass is 10.1. The van der Waals surface area contributed by atoms with E-state index in [1.165, 1.54) is 0 Å². The van der Waals surface area contributed by atoms with Gasteiger partial charge in [0.2, 0.25) is 5.91 Å². The fraction of sp³-hybridized carbons (Fsp3) is 0.440. The average Bonchev–Trinajstić information content (AvgIpc) is 2.85. The molecule has 2 aromatic rings. The van der Waals surface area contributed by atoms with Crippen molar-refractivity contribution in [3.63, 3.8) is 0 Å². The molecule has 1 aliphatic rings. The first-order valence-corrected chi connectivity index (χ1v) is 11.5. The molecule has 0 unspecified atom stereocenters. The number of nitrogens with zero attached hydrogens (tertiary/aromatic N) is 2. The molecule has 0 radical (unpaired) electrons. The highest BCUT2D eigenvalue weighted by Gasteiger charge is 2.21. The van der Waals surface area contributed by atoms with Gasteiger partial charge < -0.3 is 29.9 Å². The van der Waals surface area contributed by atoms with Crippen molar-refractivity contribution in [1.29, 1.82) is 0 Å². The van der Waals surface area contributed by atoms with Crippen LogP contribution in [0.3, 0.4) is 0 Å². The van der Waals surface area contributed by atoms with Gasteiger partial charge in [0.25, 0.3) is 0 Å². The normalized spacial score (nSPS) is 13.4. The molecule has 0 aromatic heterocycles. The van der Waals surface area contributed by atoms with Gasteiger partial charge in [0.1, 0.15) is 11.5 Å². The molecular weight excluding hydrogens is 420 g/mol. The van der Waals surface area contributed by atoms with Crippen LogP contribution >= 0.6 is 0 Å². The second kappa shape index (κ2) is 12.0. The van der Waals surface area contributed by atoms with Crippen LogP contribution in [-0.4, -0.2) is 57.2 Å². The number of nitrogens with one attached hydrogen (secondary N) is 2. The zero-order valence-corrected chi connectivity index (χ0v) is 19.7. The molecule has 178 valence electrons. The van der Waals surface area contributed by atoms with Gasteiger partial charge in [0, 0.05) is 50.0 Å². The van der Waals surface area contributed by atoms with E-state index in [2.05, 4.69) is 22.5 Å². The Bertz CT molecular complexity index is 925. The first-order valence-electron chi connectivity index (χ1n) is 11.5. The van der Waals surface area contributed by atoms with E-state index < -0.39 is 0 Å². The van der Waals surface area contributed by atoms with Crippen LogP contribution in [0.1, 0.15) is 32.6 Å². The summed E-state index contributed by atoms with van der Waals surface area (Å²) in [4.78, 5) is 29.0. The Hall–Kier alpha value is -3.42. The monoisotopic (exact) mass is 454 g/mol. The van der Waals surface area contributed by atoms with Gasteiger partial charge in [0.05, 0.1) is 19.9 Å². The molecule has 0 aliphatic carbocycles. The van der Waals surface area contributed by atoms with Crippen molar-refractivity contribution in [3.05, 3.63) is 42.5 Å². The summed E-state index contributed by atoms with van der Waals surface area (Å²) in [5, 5.41) is 5.63. The van der Waals surface area contributed by atoms with Gasteiger partial charge in [-0.15, -0.1) is 0 Å². The van der Waals surface area contributed by atoms with Gasteiger partial charge in [-0.1, -0.05) is 19.8 Å². The number of piperazine rings is 1. The number of benzene rings is 2. The van der Waals surface area contributed by atoms with Crippen molar-refractivity contribution in [2.24, 2.45) is 0 Å². The standard InChI is InChI=1S/C25H34N4O4/c1-4-5-6-7-24(30)29-16-14-28(15-17-29)20-10-8-19(9-11-20)26-25(31)27-22-13-12-21(32-2)18-23(22)33-3/h8-13,18H,4-7,14-17H2,1-3H3,(H2,26,27,31). The van der Waals surface area contributed by atoms with Gasteiger partial charge in [-0.05, 0) is 42.8 Å².